The van der Waals surface area contributed by atoms with Crippen LogP contribution in [-0.4, -0.2) is 35.8 Å². The molecule has 0 amide bonds. The number of hydrogen-bond donors (Lipinski definition) is 0. The van der Waals surface area contributed by atoms with Gasteiger partial charge in [-0.2, -0.15) is 0 Å². The normalized spacial score (nSPS) is 5.60. The Labute approximate surface area is 56.5 Å². The van der Waals surface area contributed by atoms with Crippen LogP contribution in [-0.2, 0) is 4.57 Å². The van der Waals surface area contributed by atoms with Gasteiger partial charge in [0.2, 0.25) is 0 Å². The van der Waals surface area contributed by atoms with E-state index in [1.807, 2.05) is 0 Å². The molecule has 2 nitrogen and oxygen atoms in total. The first-order chi connectivity index (χ1) is 2.41. The molecule has 0 aliphatic carbocycles. The molecule has 0 aromatic carbocycles. The SMILES string of the molecule is O=P[O-].[CH3][Ca+]. The van der Waals surface area contributed by atoms with E-state index >= 15 is 0 Å². The summed E-state index contributed by atoms with van der Waals surface area (Å²) in [7, 11) is -1.08. The van der Waals surface area contributed by atoms with Crippen molar-refractivity contribution in [3.05, 3.63) is 0 Å². The first kappa shape index (κ1) is 9.58. The summed E-state index contributed by atoms with van der Waals surface area (Å²) in [5.74, 6) is 0. The van der Waals surface area contributed by atoms with Gasteiger partial charge in [-0.25, -0.2) is 0 Å². The average Bonchev–Trinajstić information content (AvgIpc) is 1.46. The first-order valence-electron chi connectivity index (χ1n) is 1.07. The van der Waals surface area contributed by atoms with Gasteiger partial charge in [0, 0.05) is 0 Å². The van der Waals surface area contributed by atoms with Crippen LogP contribution >= 0.6 is 8.69 Å². The summed E-state index contributed by atoms with van der Waals surface area (Å²) in [5.41, 5.74) is 0. The Bertz CT molecular complexity index is 17.1. The van der Waals surface area contributed by atoms with E-state index in [0.717, 1.165) is 0 Å². The minimum absolute atomic E-state index is 1.08. The average molecular weight is 118 g/mol. The van der Waals surface area contributed by atoms with Gasteiger partial charge in [0.25, 0.3) is 0 Å². The summed E-state index contributed by atoms with van der Waals surface area (Å²) >= 11 is 1.38. The second-order valence-electron chi connectivity index (χ2n) is 0.0745. The molecule has 0 atom stereocenters. The fourth-order valence-electron chi connectivity index (χ4n) is 0. The van der Waals surface area contributed by atoms with E-state index in [2.05, 4.69) is 3.02 Å². The van der Waals surface area contributed by atoms with Gasteiger partial charge in [0.05, 0.1) is 8.69 Å². The molecule has 5 heavy (non-hydrogen) atoms. The Morgan fingerprint density at radius 2 is 1.80 bits per heavy atom. The second kappa shape index (κ2) is 18.4. The van der Waals surface area contributed by atoms with Gasteiger partial charge in [-0.05, 0) is 0 Å². The molecular weight excluding hydrogens is 115 g/mol. The van der Waals surface area contributed by atoms with Crippen LogP contribution in [0.4, 0.5) is 0 Å². The van der Waals surface area contributed by atoms with Crippen molar-refractivity contribution in [3.8, 4) is 0 Å². The van der Waals surface area contributed by atoms with Gasteiger partial charge in [0.15, 0.2) is 0 Å². The molecule has 26 valence electrons. The number of rotatable bonds is 0. The standard InChI is InChI=1S/CH3.Ca.HO2P/c;;1-3-2/h1H3;;(H,1,2)/q;+1;/p-1. The molecule has 0 aromatic rings. The fourth-order valence-corrected chi connectivity index (χ4v) is 0. The van der Waals surface area contributed by atoms with Gasteiger partial charge in [-0.3, -0.25) is 4.57 Å². The fraction of sp³-hybridized carbons (Fsp3) is 1.00. The molecule has 0 unspecified atom stereocenters. The van der Waals surface area contributed by atoms with Crippen molar-refractivity contribution in [1.29, 1.82) is 0 Å². The van der Waals surface area contributed by atoms with E-state index in [0.29, 0.717) is 0 Å². The van der Waals surface area contributed by atoms with Crippen molar-refractivity contribution >= 4 is 44.5 Å². The maximum atomic E-state index is 8.35. The zero-order valence-electron chi connectivity index (χ0n) is 2.97. The van der Waals surface area contributed by atoms with Gasteiger partial charge in [-0.15, -0.1) is 0 Å². The third-order valence-electron chi connectivity index (χ3n) is 0. The summed E-state index contributed by atoms with van der Waals surface area (Å²) in [5, 5.41) is 0. The Hall–Kier alpha value is 1.32. The van der Waals surface area contributed by atoms with Crippen LogP contribution in [0.2, 0.25) is 3.02 Å². The molecule has 0 saturated carbocycles. The third-order valence-corrected chi connectivity index (χ3v) is 0. The second-order valence-corrected chi connectivity index (χ2v) is 0.224. The topological polar surface area (TPSA) is 40.1 Å². The third kappa shape index (κ3) is 33.7. The van der Waals surface area contributed by atoms with Crippen molar-refractivity contribution in [3.63, 3.8) is 0 Å². The predicted octanol–water partition coefficient (Wildman–Crippen LogP) is -0.244. The molecule has 0 aliphatic heterocycles. The Morgan fingerprint density at radius 1 is 1.80 bits per heavy atom. The molecule has 0 bridgehead atoms. The molecule has 0 heterocycles. The molecular formula is CH3CaO2P. The quantitative estimate of drug-likeness (QED) is 0.325. The van der Waals surface area contributed by atoms with E-state index in [9.17, 15) is 0 Å². The van der Waals surface area contributed by atoms with Crippen LogP contribution in [0.5, 0.6) is 0 Å². The monoisotopic (exact) mass is 118 g/mol. The van der Waals surface area contributed by atoms with Crippen molar-refractivity contribution < 1.29 is 9.46 Å². The van der Waals surface area contributed by atoms with E-state index < -0.39 is 8.69 Å². The molecule has 0 radical (unpaired) electrons. The maximum absolute atomic E-state index is 8.35. The summed E-state index contributed by atoms with van der Waals surface area (Å²) in [6.45, 7) is 0. The molecule has 0 aromatic heterocycles. The van der Waals surface area contributed by atoms with Gasteiger partial charge < -0.3 is 4.89 Å². The summed E-state index contributed by atoms with van der Waals surface area (Å²) in [4.78, 5) is 8.35. The Balaban J connectivity index is 0. The van der Waals surface area contributed by atoms with Crippen molar-refractivity contribution in [2.45, 2.75) is 3.02 Å². The molecule has 0 fully saturated rings. The predicted molar refractivity (Wildman–Crippen MR) is 19.2 cm³/mol. The van der Waals surface area contributed by atoms with Crippen LogP contribution in [0.15, 0.2) is 0 Å². The first-order valence-corrected chi connectivity index (χ1v) is 4.01. The van der Waals surface area contributed by atoms with Crippen LogP contribution in [0, 0.1) is 0 Å². The molecule has 0 rings (SSSR count). The van der Waals surface area contributed by atoms with Gasteiger partial charge >= 0.3 is 38.8 Å². The Kier molecular flexibility index (Phi) is 35.4. The molecule has 0 N–H and O–H groups in total. The zero-order chi connectivity index (χ0) is 4.71. The van der Waals surface area contributed by atoms with Crippen LogP contribution in [0.1, 0.15) is 0 Å². The summed E-state index contributed by atoms with van der Waals surface area (Å²) < 4.78 is 10.5. The van der Waals surface area contributed by atoms with Crippen molar-refractivity contribution in [1.82, 2.24) is 0 Å². The molecule has 4 heteroatoms. The summed E-state index contributed by atoms with van der Waals surface area (Å²) in [6.07, 6.45) is 0. The Morgan fingerprint density at radius 3 is 1.80 bits per heavy atom. The minimum atomic E-state index is -1.08. The van der Waals surface area contributed by atoms with Crippen LogP contribution < -0.4 is 4.89 Å². The van der Waals surface area contributed by atoms with Crippen molar-refractivity contribution in [2.75, 3.05) is 0 Å². The van der Waals surface area contributed by atoms with Gasteiger partial charge in [0.1, 0.15) is 0 Å². The molecule has 0 saturated heterocycles. The summed E-state index contributed by atoms with van der Waals surface area (Å²) in [6, 6.07) is 0. The van der Waals surface area contributed by atoms with Crippen LogP contribution in [0.25, 0.3) is 0 Å². The van der Waals surface area contributed by atoms with Gasteiger partial charge in [-0.1, -0.05) is 0 Å². The van der Waals surface area contributed by atoms with E-state index in [4.69, 9.17) is 9.46 Å². The van der Waals surface area contributed by atoms with E-state index in [1.54, 1.807) is 0 Å². The van der Waals surface area contributed by atoms with Crippen LogP contribution in [0.3, 0.4) is 0 Å². The van der Waals surface area contributed by atoms with E-state index in [1.165, 1.54) is 35.8 Å². The van der Waals surface area contributed by atoms with Crippen molar-refractivity contribution in [2.24, 2.45) is 0 Å². The zero-order valence-corrected chi connectivity index (χ0v) is 6.07. The van der Waals surface area contributed by atoms with E-state index in [-0.39, 0.29) is 0 Å². The number of hydrogen-bond acceptors (Lipinski definition) is 2. The molecule has 0 spiro atoms. The molecule has 0 aliphatic rings.